The second kappa shape index (κ2) is 5.37. The lowest BCUT2D eigenvalue weighted by Gasteiger charge is -2.37. The molecule has 1 aromatic carbocycles. The Morgan fingerprint density at radius 2 is 1.94 bits per heavy atom. The first kappa shape index (κ1) is 12.2. The second-order valence-corrected chi connectivity index (χ2v) is 4.91. The number of piperidine rings is 1. The molecule has 2 heteroatoms. The van der Waals surface area contributed by atoms with E-state index in [2.05, 4.69) is 54.7 Å². The number of benzene rings is 1. The van der Waals surface area contributed by atoms with E-state index in [1.807, 2.05) is 6.08 Å². The van der Waals surface area contributed by atoms with Crippen molar-refractivity contribution in [2.24, 2.45) is 0 Å². The van der Waals surface area contributed by atoms with Crippen LogP contribution in [0.2, 0.25) is 0 Å². The normalized spacial score (nSPS) is 18.0. The highest BCUT2D eigenvalue weighted by atomic mass is 15.2. The molecule has 1 aliphatic heterocycles. The molecule has 1 aromatic rings. The van der Waals surface area contributed by atoms with E-state index in [9.17, 15) is 0 Å². The Bertz CT molecular complexity index is 378. The zero-order chi connectivity index (χ0) is 12.3. The van der Waals surface area contributed by atoms with Crippen molar-refractivity contribution in [1.29, 1.82) is 0 Å². The number of para-hydroxylation sites is 1. The van der Waals surface area contributed by atoms with E-state index in [0.29, 0.717) is 6.04 Å². The van der Waals surface area contributed by atoms with Crippen LogP contribution in [0.25, 0.3) is 6.08 Å². The molecule has 0 saturated carbocycles. The van der Waals surface area contributed by atoms with Crippen LogP contribution >= 0.6 is 0 Å². The van der Waals surface area contributed by atoms with Gasteiger partial charge in [0.2, 0.25) is 0 Å². The molecule has 2 nitrogen and oxygen atoms in total. The number of hydrogen-bond acceptors (Lipinski definition) is 2. The fraction of sp³-hybridized carbons (Fsp3) is 0.467. The summed E-state index contributed by atoms with van der Waals surface area (Å²) in [6.45, 7) is 6.30. The Labute approximate surface area is 105 Å². The molecule has 2 rings (SSSR count). The summed E-state index contributed by atoms with van der Waals surface area (Å²) in [5.74, 6) is 0. The van der Waals surface area contributed by atoms with Gasteiger partial charge in [0.15, 0.2) is 0 Å². The lowest BCUT2D eigenvalue weighted by Crippen LogP contribution is -2.42. The molecule has 17 heavy (non-hydrogen) atoms. The van der Waals surface area contributed by atoms with Gasteiger partial charge in [0, 0.05) is 18.8 Å². The van der Waals surface area contributed by atoms with Gasteiger partial charge in [-0.3, -0.25) is 0 Å². The maximum Gasteiger partial charge on any atom is 0.0439 e. The van der Waals surface area contributed by atoms with E-state index in [1.54, 1.807) is 0 Å². The third-order valence-electron chi connectivity index (χ3n) is 3.77. The zero-order valence-electron chi connectivity index (χ0n) is 10.9. The molecule has 0 aromatic heterocycles. The predicted octanol–water partition coefficient (Wildman–Crippen LogP) is 2.86. The maximum atomic E-state index is 3.90. The van der Waals surface area contributed by atoms with E-state index in [4.69, 9.17) is 0 Å². The van der Waals surface area contributed by atoms with Gasteiger partial charge < -0.3 is 9.80 Å². The zero-order valence-corrected chi connectivity index (χ0v) is 10.9. The summed E-state index contributed by atoms with van der Waals surface area (Å²) in [5.41, 5.74) is 2.53. The van der Waals surface area contributed by atoms with Crippen LogP contribution in [-0.2, 0) is 0 Å². The Morgan fingerprint density at radius 3 is 2.59 bits per heavy atom. The van der Waals surface area contributed by atoms with Crippen LogP contribution in [0, 0.1) is 0 Å². The van der Waals surface area contributed by atoms with Gasteiger partial charge in [0.1, 0.15) is 0 Å². The van der Waals surface area contributed by atoms with Gasteiger partial charge in [0.05, 0.1) is 0 Å². The molecule has 0 N–H and O–H groups in total. The summed E-state index contributed by atoms with van der Waals surface area (Å²) >= 11 is 0. The second-order valence-electron chi connectivity index (χ2n) is 4.91. The number of anilines is 1. The summed E-state index contributed by atoms with van der Waals surface area (Å²) in [4.78, 5) is 4.83. The largest absolute Gasteiger partial charge is 0.371 e. The van der Waals surface area contributed by atoms with Crippen molar-refractivity contribution in [3.8, 4) is 0 Å². The summed E-state index contributed by atoms with van der Waals surface area (Å²) in [6.07, 6.45) is 4.44. The molecule has 0 radical (unpaired) electrons. The van der Waals surface area contributed by atoms with Crippen LogP contribution in [-0.4, -0.2) is 38.1 Å². The van der Waals surface area contributed by atoms with Gasteiger partial charge in [-0.25, -0.2) is 0 Å². The van der Waals surface area contributed by atoms with Crippen molar-refractivity contribution in [3.05, 3.63) is 36.4 Å². The number of nitrogens with zero attached hydrogens (tertiary/aromatic N) is 2. The van der Waals surface area contributed by atoms with Crippen LogP contribution < -0.4 is 4.90 Å². The van der Waals surface area contributed by atoms with Crippen LogP contribution in [0.1, 0.15) is 18.4 Å². The monoisotopic (exact) mass is 230 g/mol. The highest BCUT2D eigenvalue weighted by Gasteiger charge is 2.21. The van der Waals surface area contributed by atoms with Gasteiger partial charge in [-0.15, -0.1) is 0 Å². The predicted molar refractivity (Wildman–Crippen MR) is 75.5 cm³/mol. The lowest BCUT2D eigenvalue weighted by atomic mass is 10.0. The Hall–Kier alpha value is -1.28. The van der Waals surface area contributed by atoms with Gasteiger partial charge in [-0.1, -0.05) is 30.9 Å². The van der Waals surface area contributed by atoms with Crippen LogP contribution in [0.5, 0.6) is 0 Å². The minimum atomic E-state index is 0.660. The van der Waals surface area contributed by atoms with Gasteiger partial charge in [-0.2, -0.15) is 0 Å². The van der Waals surface area contributed by atoms with Crippen molar-refractivity contribution < 1.29 is 0 Å². The topological polar surface area (TPSA) is 6.48 Å². The Morgan fingerprint density at radius 1 is 1.29 bits per heavy atom. The molecular formula is C15H22N2. The maximum absolute atomic E-state index is 3.90. The highest BCUT2D eigenvalue weighted by molar-refractivity contribution is 5.66. The average Bonchev–Trinajstić information content (AvgIpc) is 2.39. The molecule has 0 unspecified atom stereocenters. The average molecular weight is 230 g/mol. The number of rotatable bonds is 3. The number of hydrogen-bond donors (Lipinski definition) is 0. The molecule has 0 aliphatic carbocycles. The van der Waals surface area contributed by atoms with Crippen LogP contribution in [0.15, 0.2) is 30.8 Å². The minimum absolute atomic E-state index is 0.660. The van der Waals surface area contributed by atoms with Crippen LogP contribution in [0.4, 0.5) is 5.69 Å². The Balaban J connectivity index is 2.13. The molecule has 1 aliphatic rings. The van der Waals surface area contributed by atoms with Crippen molar-refractivity contribution in [2.45, 2.75) is 18.9 Å². The summed E-state index contributed by atoms with van der Waals surface area (Å²) in [5, 5.41) is 0. The molecule has 92 valence electrons. The van der Waals surface area contributed by atoms with Gasteiger partial charge in [-0.05, 0) is 44.6 Å². The van der Waals surface area contributed by atoms with Crippen molar-refractivity contribution in [2.75, 3.05) is 32.1 Å². The van der Waals surface area contributed by atoms with E-state index >= 15 is 0 Å². The lowest BCUT2D eigenvalue weighted by molar-refractivity contribution is 0.253. The third kappa shape index (κ3) is 2.70. The summed E-state index contributed by atoms with van der Waals surface area (Å²) in [6, 6.07) is 9.16. The van der Waals surface area contributed by atoms with Crippen molar-refractivity contribution in [1.82, 2.24) is 4.90 Å². The third-order valence-corrected chi connectivity index (χ3v) is 3.77. The molecular weight excluding hydrogens is 208 g/mol. The van der Waals surface area contributed by atoms with Gasteiger partial charge in [0.25, 0.3) is 0 Å². The highest BCUT2D eigenvalue weighted by Crippen LogP contribution is 2.25. The molecule has 0 amide bonds. The fourth-order valence-electron chi connectivity index (χ4n) is 2.56. The standard InChI is InChI=1S/C15H22N2/c1-4-13-7-5-6-8-15(13)17(3)14-9-11-16(2)12-10-14/h4-8,14H,1,9-12H2,2-3H3. The fourth-order valence-corrected chi connectivity index (χ4v) is 2.56. The molecule has 1 saturated heterocycles. The first-order valence-electron chi connectivity index (χ1n) is 6.35. The Kier molecular flexibility index (Phi) is 3.85. The van der Waals surface area contributed by atoms with E-state index in [0.717, 1.165) is 0 Å². The quantitative estimate of drug-likeness (QED) is 0.788. The SMILES string of the molecule is C=Cc1ccccc1N(C)C1CCN(C)CC1. The summed E-state index contributed by atoms with van der Waals surface area (Å²) < 4.78 is 0. The minimum Gasteiger partial charge on any atom is -0.371 e. The molecule has 0 spiro atoms. The number of likely N-dealkylation sites (tertiary alicyclic amines) is 1. The van der Waals surface area contributed by atoms with Crippen molar-refractivity contribution >= 4 is 11.8 Å². The first-order valence-corrected chi connectivity index (χ1v) is 6.35. The van der Waals surface area contributed by atoms with E-state index < -0.39 is 0 Å². The van der Waals surface area contributed by atoms with Crippen LogP contribution in [0.3, 0.4) is 0 Å². The van der Waals surface area contributed by atoms with E-state index in [1.165, 1.54) is 37.2 Å². The van der Waals surface area contributed by atoms with Crippen molar-refractivity contribution in [3.63, 3.8) is 0 Å². The molecule has 0 bridgehead atoms. The summed E-state index contributed by atoms with van der Waals surface area (Å²) in [7, 11) is 4.41. The molecule has 1 fully saturated rings. The van der Waals surface area contributed by atoms with Gasteiger partial charge >= 0.3 is 0 Å². The molecule has 0 atom stereocenters. The van der Waals surface area contributed by atoms with E-state index in [-0.39, 0.29) is 0 Å². The smallest absolute Gasteiger partial charge is 0.0439 e. The molecule has 1 heterocycles. The first-order chi connectivity index (χ1) is 8.22.